The maximum Gasteiger partial charge on any atom is 0.275 e. The largest absolute Gasteiger partial charge is 0.337 e. The van der Waals surface area contributed by atoms with Crippen LogP contribution in [0.5, 0.6) is 0 Å². The van der Waals surface area contributed by atoms with E-state index in [1.54, 1.807) is 34.1 Å². The molecule has 0 aliphatic carbocycles. The number of nitrogens with zero attached hydrogens (tertiary/aromatic N) is 5. The van der Waals surface area contributed by atoms with Crippen LogP contribution in [-0.4, -0.2) is 45.9 Å². The van der Waals surface area contributed by atoms with E-state index in [9.17, 15) is 9.59 Å². The normalized spacial score (nSPS) is 22.2. The van der Waals surface area contributed by atoms with Gasteiger partial charge in [-0.3, -0.25) is 9.59 Å². The molecule has 26 heavy (non-hydrogen) atoms. The van der Waals surface area contributed by atoms with Gasteiger partial charge in [-0.25, -0.2) is 0 Å². The Bertz CT molecular complexity index is 916. The van der Waals surface area contributed by atoms with Crippen molar-refractivity contribution in [2.24, 2.45) is 5.41 Å². The van der Waals surface area contributed by atoms with Gasteiger partial charge in [-0.05, 0) is 49.1 Å². The Balaban J connectivity index is 1.50. The first-order chi connectivity index (χ1) is 12.5. The number of nitriles is 1. The second kappa shape index (κ2) is 6.18. The molecule has 2 saturated heterocycles. The molecule has 1 atom stereocenters. The Morgan fingerprint density at radius 1 is 1.31 bits per heavy atom. The van der Waals surface area contributed by atoms with E-state index in [4.69, 9.17) is 5.26 Å². The molecular weight excluding hydrogens is 350 g/mol. The van der Waals surface area contributed by atoms with Crippen molar-refractivity contribution < 1.29 is 9.59 Å². The van der Waals surface area contributed by atoms with Crippen molar-refractivity contribution in [3.05, 3.63) is 40.4 Å². The molecule has 2 aromatic rings. The molecule has 2 amide bonds. The number of amides is 2. The molecule has 2 aliphatic heterocycles. The number of carbonyl (C=O) groups is 2. The Morgan fingerprint density at radius 2 is 2.08 bits per heavy atom. The molecule has 2 aliphatic rings. The molecule has 1 aromatic carbocycles. The van der Waals surface area contributed by atoms with Crippen LogP contribution in [0.15, 0.2) is 24.3 Å². The van der Waals surface area contributed by atoms with E-state index in [2.05, 4.69) is 15.7 Å². The number of hydrogen-bond donors (Lipinski definition) is 0. The average molecular weight is 367 g/mol. The highest BCUT2D eigenvalue weighted by atomic mass is 32.1. The number of aryl methyl sites for hydroxylation is 1. The number of likely N-dealkylation sites (tertiary alicyclic amines) is 1. The average Bonchev–Trinajstić information content (AvgIpc) is 3.34. The maximum atomic E-state index is 12.7. The summed E-state index contributed by atoms with van der Waals surface area (Å²) >= 11 is 1.22. The van der Waals surface area contributed by atoms with Crippen molar-refractivity contribution in [1.82, 2.24) is 14.5 Å². The Morgan fingerprint density at radius 3 is 2.73 bits per heavy atom. The van der Waals surface area contributed by atoms with Crippen molar-refractivity contribution in [2.75, 3.05) is 24.5 Å². The number of carbonyl (C=O) groups excluding carboxylic acids is 2. The standard InChI is InChI=1S/C18H17N5O2S/c1-12-16(20-21-26-12)17(25)22-7-6-18(10-22)8-15(24)23(11-18)14-4-2-13(9-19)3-5-14/h2-5H,6-8,10-11H2,1H3/t18-/m1/s1. The quantitative estimate of drug-likeness (QED) is 0.810. The lowest BCUT2D eigenvalue weighted by atomic mass is 9.86. The molecule has 0 N–H and O–H groups in total. The van der Waals surface area contributed by atoms with Gasteiger partial charge in [0.2, 0.25) is 5.91 Å². The van der Waals surface area contributed by atoms with Crippen LogP contribution < -0.4 is 4.90 Å². The summed E-state index contributed by atoms with van der Waals surface area (Å²) in [6.45, 7) is 3.62. The molecule has 0 saturated carbocycles. The molecule has 3 heterocycles. The highest BCUT2D eigenvalue weighted by molar-refractivity contribution is 7.05. The van der Waals surface area contributed by atoms with Crippen molar-refractivity contribution in [2.45, 2.75) is 19.8 Å². The van der Waals surface area contributed by atoms with E-state index in [1.165, 1.54) is 11.5 Å². The van der Waals surface area contributed by atoms with E-state index >= 15 is 0 Å². The van der Waals surface area contributed by atoms with Crippen LogP contribution in [0.25, 0.3) is 0 Å². The van der Waals surface area contributed by atoms with Gasteiger partial charge in [0.1, 0.15) is 0 Å². The molecule has 1 aromatic heterocycles. The molecule has 8 heteroatoms. The first-order valence-corrected chi connectivity index (χ1v) is 9.17. The fourth-order valence-corrected chi connectivity index (χ4v) is 4.27. The van der Waals surface area contributed by atoms with E-state index < -0.39 is 0 Å². The van der Waals surface area contributed by atoms with E-state index in [-0.39, 0.29) is 17.2 Å². The summed E-state index contributed by atoms with van der Waals surface area (Å²) in [5.74, 6) is -0.0343. The molecule has 0 bridgehead atoms. The summed E-state index contributed by atoms with van der Waals surface area (Å²) in [5, 5.41) is 12.9. The SMILES string of the molecule is Cc1snnc1C(=O)N1CC[C@@]2(CC(=O)N(c3ccc(C#N)cc3)C2)C1. The Hall–Kier alpha value is -2.79. The van der Waals surface area contributed by atoms with Crippen LogP contribution in [0.4, 0.5) is 5.69 Å². The van der Waals surface area contributed by atoms with Crippen LogP contribution in [0.3, 0.4) is 0 Å². The molecule has 1 spiro atoms. The summed E-state index contributed by atoms with van der Waals surface area (Å²) in [7, 11) is 0. The summed E-state index contributed by atoms with van der Waals surface area (Å²) in [6, 6.07) is 9.13. The monoisotopic (exact) mass is 367 g/mol. The predicted octanol–water partition coefficient (Wildman–Crippen LogP) is 1.99. The van der Waals surface area contributed by atoms with Gasteiger partial charge in [0.15, 0.2) is 5.69 Å². The lowest BCUT2D eigenvalue weighted by Gasteiger charge is -2.24. The van der Waals surface area contributed by atoms with Gasteiger partial charge in [0, 0.05) is 37.2 Å². The molecule has 0 radical (unpaired) electrons. The van der Waals surface area contributed by atoms with Crippen molar-refractivity contribution in [3.63, 3.8) is 0 Å². The molecule has 132 valence electrons. The van der Waals surface area contributed by atoms with Crippen molar-refractivity contribution in [3.8, 4) is 6.07 Å². The molecule has 0 unspecified atom stereocenters. The third-order valence-electron chi connectivity index (χ3n) is 5.21. The number of rotatable bonds is 2. The van der Waals surface area contributed by atoms with Gasteiger partial charge in [0.05, 0.1) is 16.5 Å². The highest BCUT2D eigenvalue weighted by Gasteiger charge is 2.49. The van der Waals surface area contributed by atoms with E-state index in [0.717, 1.165) is 17.0 Å². The summed E-state index contributed by atoms with van der Waals surface area (Å²) in [4.78, 5) is 29.6. The van der Waals surface area contributed by atoms with Gasteiger partial charge in [0.25, 0.3) is 5.91 Å². The van der Waals surface area contributed by atoms with Crippen LogP contribution in [0.2, 0.25) is 0 Å². The third-order valence-corrected chi connectivity index (χ3v) is 5.84. The summed E-state index contributed by atoms with van der Waals surface area (Å²) in [6.07, 6.45) is 1.24. The molecule has 4 rings (SSSR count). The summed E-state index contributed by atoms with van der Waals surface area (Å²) < 4.78 is 3.84. The minimum absolute atomic E-state index is 0.0653. The first-order valence-electron chi connectivity index (χ1n) is 8.40. The third kappa shape index (κ3) is 2.74. The van der Waals surface area contributed by atoms with Crippen molar-refractivity contribution in [1.29, 1.82) is 5.26 Å². The van der Waals surface area contributed by atoms with Crippen LogP contribution in [0, 0.1) is 23.7 Å². The minimum Gasteiger partial charge on any atom is -0.337 e. The fourth-order valence-electron chi connectivity index (χ4n) is 3.81. The maximum absolute atomic E-state index is 12.7. The molecular formula is C18H17N5O2S. The van der Waals surface area contributed by atoms with Gasteiger partial charge < -0.3 is 9.80 Å². The van der Waals surface area contributed by atoms with Crippen LogP contribution in [-0.2, 0) is 4.79 Å². The van der Waals surface area contributed by atoms with Gasteiger partial charge >= 0.3 is 0 Å². The molecule has 7 nitrogen and oxygen atoms in total. The Kier molecular flexibility index (Phi) is 3.96. The van der Waals surface area contributed by atoms with Crippen molar-refractivity contribution >= 4 is 29.0 Å². The van der Waals surface area contributed by atoms with Gasteiger partial charge in [-0.15, -0.1) is 5.10 Å². The second-order valence-electron chi connectivity index (χ2n) is 6.97. The number of benzene rings is 1. The van der Waals surface area contributed by atoms with E-state index in [0.29, 0.717) is 37.3 Å². The van der Waals surface area contributed by atoms with Crippen LogP contribution >= 0.6 is 11.5 Å². The van der Waals surface area contributed by atoms with Gasteiger partial charge in [-0.1, -0.05) is 4.49 Å². The lowest BCUT2D eigenvalue weighted by Crippen LogP contribution is -2.34. The topological polar surface area (TPSA) is 90.2 Å². The summed E-state index contributed by atoms with van der Waals surface area (Å²) in [5.41, 5.74) is 1.58. The zero-order valence-electron chi connectivity index (χ0n) is 14.3. The highest BCUT2D eigenvalue weighted by Crippen LogP contribution is 2.42. The molecule has 2 fully saturated rings. The van der Waals surface area contributed by atoms with Gasteiger partial charge in [-0.2, -0.15) is 5.26 Å². The van der Waals surface area contributed by atoms with E-state index in [1.807, 2.05) is 6.92 Å². The smallest absolute Gasteiger partial charge is 0.275 e. The zero-order valence-corrected chi connectivity index (χ0v) is 15.1. The minimum atomic E-state index is -0.210. The predicted molar refractivity (Wildman–Crippen MR) is 95.7 cm³/mol. The zero-order chi connectivity index (χ0) is 18.3. The lowest BCUT2D eigenvalue weighted by molar-refractivity contribution is -0.117. The number of anilines is 1. The number of hydrogen-bond acceptors (Lipinski definition) is 6. The fraction of sp³-hybridized carbons (Fsp3) is 0.389. The first kappa shape index (κ1) is 16.7. The second-order valence-corrected chi connectivity index (χ2v) is 7.93. The van der Waals surface area contributed by atoms with Crippen LogP contribution in [0.1, 0.15) is 33.8 Å². The number of aromatic nitrogens is 2. The Labute approximate surface area is 155 Å².